The topological polar surface area (TPSA) is 75.9 Å². The Hall–Kier alpha value is -2.80. The van der Waals surface area contributed by atoms with Gasteiger partial charge in [-0.25, -0.2) is 0 Å². The molecule has 0 saturated carbocycles. The largest absolute Gasteiger partial charge is 0.496 e. The molecule has 1 aliphatic heterocycles. The molecule has 0 unspecified atom stereocenters. The molecule has 2 aromatic rings. The number of ether oxygens (including phenoxy) is 1. The highest BCUT2D eigenvalue weighted by Gasteiger charge is 2.26. The molecule has 1 aliphatic rings. The fourth-order valence-electron chi connectivity index (χ4n) is 3.37. The number of carbonyl (C=O) groups is 1. The highest BCUT2D eigenvalue weighted by atomic mass is 35.5. The second kappa shape index (κ2) is 8.48. The van der Waals surface area contributed by atoms with Gasteiger partial charge in [0.1, 0.15) is 11.4 Å². The van der Waals surface area contributed by atoms with Crippen molar-refractivity contribution in [3.8, 4) is 5.75 Å². The van der Waals surface area contributed by atoms with Crippen molar-refractivity contribution in [1.82, 2.24) is 4.90 Å². The Bertz CT molecular complexity index is 895. The highest BCUT2D eigenvalue weighted by Crippen LogP contribution is 2.31. The molecule has 148 valence electrons. The number of aryl methyl sites for hydroxylation is 1. The van der Waals surface area contributed by atoms with Crippen LogP contribution < -0.4 is 9.64 Å². The average molecular weight is 404 g/mol. The van der Waals surface area contributed by atoms with E-state index in [1.165, 1.54) is 6.07 Å². The van der Waals surface area contributed by atoms with Crippen molar-refractivity contribution in [3.05, 3.63) is 62.7 Å². The second-order valence-electron chi connectivity index (χ2n) is 6.74. The monoisotopic (exact) mass is 403 g/mol. The number of benzene rings is 2. The van der Waals surface area contributed by atoms with Crippen molar-refractivity contribution in [2.45, 2.75) is 13.3 Å². The van der Waals surface area contributed by atoms with E-state index < -0.39 is 4.92 Å². The maximum absolute atomic E-state index is 12.7. The molecule has 2 aromatic carbocycles. The Kier molecular flexibility index (Phi) is 6.04. The van der Waals surface area contributed by atoms with Gasteiger partial charge in [0.15, 0.2) is 0 Å². The molecule has 1 heterocycles. The number of amides is 1. The summed E-state index contributed by atoms with van der Waals surface area (Å²) in [7, 11) is 1.61. The number of halogens is 1. The number of rotatable bonds is 5. The van der Waals surface area contributed by atoms with Crippen LogP contribution in [-0.2, 0) is 11.2 Å². The molecule has 0 radical (unpaired) electrons. The van der Waals surface area contributed by atoms with Crippen LogP contribution in [0.2, 0.25) is 5.02 Å². The fraction of sp³-hybridized carbons (Fsp3) is 0.350. The van der Waals surface area contributed by atoms with Gasteiger partial charge in [-0.1, -0.05) is 23.7 Å². The highest BCUT2D eigenvalue weighted by molar-refractivity contribution is 6.30. The van der Waals surface area contributed by atoms with E-state index in [2.05, 4.69) is 0 Å². The number of nitrogens with zero attached hydrogens (tertiary/aromatic N) is 3. The van der Waals surface area contributed by atoms with Gasteiger partial charge in [-0.3, -0.25) is 14.9 Å². The van der Waals surface area contributed by atoms with Crippen LogP contribution in [0.3, 0.4) is 0 Å². The zero-order valence-corrected chi connectivity index (χ0v) is 16.6. The van der Waals surface area contributed by atoms with E-state index in [1.54, 1.807) is 24.1 Å². The molecule has 0 atom stereocenters. The lowest BCUT2D eigenvalue weighted by molar-refractivity contribution is -0.384. The molecule has 0 spiro atoms. The number of methoxy groups -OCH3 is 1. The van der Waals surface area contributed by atoms with Crippen LogP contribution in [-0.4, -0.2) is 49.0 Å². The minimum absolute atomic E-state index is 0.0148. The lowest BCUT2D eigenvalue weighted by Gasteiger charge is -2.36. The molecule has 0 N–H and O–H groups in total. The summed E-state index contributed by atoms with van der Waals surface area (Å²) in [5, 5.41) is 11.6. The van der Waals surface area contributed by atoms with Crippen LogP contribution in [0.5, 0.6) is 5.75 Å². The third-order valence-electron chi connectivity index (χ3n) is 4.94. The van der Waals surface area contributed by atoms with Crippen LogP contribution in [0.15, 0.2) is 36.4 Å². The first-order valence-electron chi connectivity index (χ1n) is 8.99. The summed E-state index contributed by atoms with van der Waals surface area (Å²) in [5.41, 5.74) is 2.45. The van der Waals surface area contributed by atoms with Crippen molar-refractivity contribution in [3.63, 3.8) is 0 Å². The minimum Gasteiger partial charge on any atom is -0.496 e. The van der Waals surface area contributed by atoms with Crippen LogP contribution in [0, 0.1) is 17.0 Å². The molecule has 1 amide bonds. The average Bonchev–Trinajstić information content (AvgIpc) is 2.69. The quantitative estimate of drug-likeness (QED) is 0.564. The SMILES string of the molecule is COc1cc(CC(=O)N2CCN(c3ccc(Cl)cc3[N+](=O)[O-])CC2)ccc1C. The molecule has 8 heteroatoms. The summed E-state index contributed by atoms with van der Waals surface area (Å²) in [6.07, 6.45) is 0.303. The van der Waals surface area contributed by atoms with Gasteiger partial charge >= 0.3 is 0 Å². The first-order valence-corrected chi connectivity index (χ1v) is 9.37. The summed E-state index contributed by atoms with van der Waals surface area (Å²) >= 11 is 5.89. The Balaban J connectivity index is 1.64. The van der Waals surface area contributed by atoms with Gasteiger partial charge in [-0.05, 0) is 36.2 Å². The summed E-state index contributed by atoms with van der Waals surface area (Å²) in [6, 6.07) is 10.4. The van der Waals surface area contributed by atoms with Crippen LogP contribution in [0.1, 0.15) is 11.1 Å². The van der Waals surface area contributed by atoms with Gasteiger partial charge in [0.05, 0.1) is 18.5 Å². The van der Waals surface area contributed by atoms with Crippen molar-refractivity contribution in [1.29, 1.82) is 0 Å². The smallest absolute Gasteiger partial charge is 0.294 e. The van der Waals surface area contributed by atoms with E-state index in [0.29, 0.717) is 43.3 Å². The number of hydrogen-bond donors (Lipinski definition) is 0. The van der Waals surface area contributed by atoms with E-state index >= 15 is 0 Å². The molecule has 0 aromatic heterocycles. The van der Waals surface area contributed by atoms with E-state index in [0.717, 1.165) is 16.9 Å². The first kappa shape index (κ1) is 19.9. The van der Waals surface area contributed by atoms with Gasteiger partial charge in [-0.2, -0.15) is 0 Å². The number of carbonyl (C=O) groups excluding carboxylic acids is 1. The first-order chi connectivity index (χ1) is 13.4. The standard InChI is InChI=1S/C20H22ClN3O4/c1-14-3-4-15(11-19(14)28-2)12-20(25)23-9-7-22(8-10-23)17-6-5-16(21)13-18(17)24(26)27/h3-6,11,13H,7-10,12H2,1-2H3. The number of nitro benzene ring substituents is 1. The lowest BCUT2D eigenvalue weighted by atomic mass is 10.1. The fourth-order valence-corrected chi connectivity index (χ4v) is 3.53. The van der Waals surface area contributed by atoms with E-state index in [4.69, 9.17) is 16.3 Å². The predicted molar refractivity (Wildman–Crippen MR) is 108 cm³/mol. The number of nitro groups is 1. The molecule has 7 nitrogen and oxygen atoms in total. The van der Waals surface area contributed by atoms with Crippen LogP contribution in [0.25, 0.3) is 0 Å². The number of piperazine rings is 1. The van der Waals surface area contributed by atoms with Gasteiger partial charge in [0, 0.05) is 37.3 Å². The molecule has 0 aliphatic carbocycles. The molecule has 1 fully saturated rings. The Morgan fingerprint density at radius 1 is 1.18 bits per heavy atom. The zero-order valence-electron chi connectivity index (χ0n) is 15.9. The Morgan fingerprint density at radius 3 is 2.54 bits per heavy atom. The summed E-state index contributed by atoms with van der Waals surface area (Å²) in [4.78, 5) is 27.3. The Morgan fingerprint density at radius 2 is 1.89 bits per heavy atom. The third kappa shape index (κ3) is 4.36. The molecule has 1 saturated heterocycles. The van der Waals surface area contributed by atoms with Crippen molar-refractivity contribution in [2.75, 3.05) is 38.2 Å². The van der Waals surface area contributed by atoms with Gasteiger partial charge < -0.3 is 14.5 Å². The van der Waals surface area contributed by atoms with Crippen molar-refractivity contribution < 1.29 is 14.5 Å². The van der Waals surface area contributed by atoms with E-state index in [9.17, 15) is 14.9 Å². The summed E-state index contributed by atoms with van der Waals surface area (Å²) in [6.45, 7) is 4.06. The number of anilines is 1. The molecular formula is C20H22ClN3O4. The van der Waals surface area contributed by atoms with Crippen molar-refractivity contribution in [2.24, 2.45) is 0 Å². The molecule has 3 rings (SSSR count). The maximum Gasteiger partial charge on any atom is 0.294 e. The van der Waals surface area contributed by atoms with Gasteiger partial charge in [0.2, 0.25) is 5.91 Å². The van der Waals surface area contributed by atoms with Crippen LogP contribution >= 0.6 is 11.6 Å². The molecular weight excluding hydrogens is 382 g/mol. The van der Waals surface area contributed by atoms with E-state index in [1.807, 2.05) is 30.0 Å². The minimum atomic E-state index is -0.427. The Labute approximate surface area is 168 Å². The lowest BCUT2D eigenvalue weighted by Crippen LogP contribution is -2.49. The third-order valence-corrected chi connectivity index (χ3v) is 5.17. The van der Waals surface area contributed by atoms with Crippen LogP contribution in [0.4, 0.5) is 11.4 Å². The van der Waals surface area contributed by atoms with Gasteiger partial charge in [0.25, 0.3) is 5.69 Å². The summed E-state index contributed by atoms with van der Waals surface area (Å²) in [5.74, 6) is 0.807. The van der Waals surface area contributed by atoms with Gasteiger partial charge in [-0.15, -0.1) is 0 Å². The molecule has 0 bridgehead atoms. The maximum atomic E-state index is 12.7. The summed E-state index contributed by atoms with van der Waals surface area (Å²) < 4.78 is 5.32. The normalized spacial score (nSPS) is 14.1. The zero-order chi connectivity index (χ0) is 20.3. The predicted octanol–water partition coefficient (Wildman–Crippen LogP) is 3.46. The second-order valence-corrected chi connectivity index (χ2v) is 7.18. The van der Waals surface area contributed by atoms with E-state index in [-0.39, 0.29) is 11.6 Å². The van der Waals surface area contributed by atoms with Crippen molar-refractivity contribution >= 4 is 28.9 Å². The molecule has 28 heavy (non-hydrogen) atoms. The number of hydrogen-bond acceptors (Lipinski definition) is 5.